The summed E-state index contributed by atoms with van der Waals surface area (Å²) in [5, 5.41) is 9.62. The Morgan fingerprint density at radius 1 is 0.904 bits per heavy atom. The van der Waals surface area contributed by atoms with Gasteiger partial charge in [0.05, 0.1) is 4.53 Å². The fraction of sp³-hybridized carbons (Fsp3) is 0.190. The highest BCUT2D eigenvalue weighted by Gasteiger charge is 2.42. The number of thioether (sulfide) groups is 1. The molecule has 2 unspecified atom stereocenters. The number of carboxylic acid groups (broad SMARTS) is 1. The van der Waals surface area contributed by atoms with E-state index in [0.29, 0.717) is 36.9 Å². The molecule has 3 aliphatic rings. The van der Waals surface area contributed by atoms with Crippen molar-refractivity contribution in [2.24, 2.45) is 0 Å². The molecule has 0 bridgehead atoms. The molecule has 2 fully saturated rings. The van der Waals surface area contributed by atoms with Gasteiger partial charge in [0.1, 0.15) is 20.4 Å². The van der Waals surface area contributed by atoms with E-state index in [4.69, 9.17) is 12.2 Å². The summed E-state index contributed by atoms with van der Waals surface area (Å²) in [5.41, 5.74) is 8.67. The summed E-state index contributed by atoms with van der Waals surface area (Å²) in [5.74, 6) is -1.08. The van der Waals surface area contributed by atoms with Gasteiger partial charge in [-0.1, -0.05) is 109 Å². The van der Waals surface area contributed by atoms with Crippen molar-refractivity contribution in [1.82, 2.24) is 9.47 Å². The van der Waals surface area contributed by atoms with Crippen LogP contribution < -0.4 is 19.7 Å². The number of fused-ring (bicyclic) bond motifs is 3. The zero-order valence-electron chi connectivity index (χ0n) is 28.4. The Hall–Kier alpha value is -5.03. The number of carboxylic acids is 1. The lowest BCUT2D eigenvalue weighted by atomic mass is 9.95. The molecule has 1 amide bonds. The van der Waals surface area contributed by atoms with Gasteiger partial charge in [0, 0.05) is 29.9 Å². The molecule has 4 aromatic carbocycles. The van der Waals surface area contributed by atoms with E-state index >= 15 is 0 Å². The Labute approximate surface area is 314 Å². The maximum absolute atomic E-state index is 13.6. The molecule has 7 nitrogen and oxygen atoms in total. The minimum atomic E-state index is -1.15. The summed E-state index contributed by atoms with van der Waals surface area (Å²) < 4.78 is 2.29. The third-order valence-corrected chi connectivity index (χ3v) is 12.7. The molecule has 0 spiro atoms. The number of amides is 1. The molecule has 0 radical (unpaired) electrons. The monoisotopic (exact) mass is 741 g/mol. The van der Waals surface area contributed by atoms with Crippen molar-refractivity contribution < 1.29 is 14.7 Å². The molecule has 1 aromatic heterocycles. The molecule has 260 valence electrons. The van der Waals surface area contributed by atoms with Crippen molar-refractivity contribution in [2.45, 2.75) is 44.7 Å². The van der Waals surface area contributed by atoms with Crippen LogP contribution in [0.4, 0.5) is 11.4 Å². The second kappa shape index (κ2) is 14.2. The lowest BCUT2D eigenvalue weighted by Gasteiger charge is -2.27. The van der Waals surface area contributed by atoms with Gasteiger partial charge in [-0.05, 0) is 89.6 Å². The largest absolute Gasteiger partial charge is 0.480 e. The van der Waals surface area contributed by atoms with Crippen LogP contribution in [0, 0.1) is 0 Å². The lowest BCUT2D eigenvalue weighted by Crippen LogP contribution is -2.35. The number of thiazole rings is 1. The van der Waals surface area contributed by atoms with Gasteiger partial charge in [0.15, 0.2) is 0 Å². The van der Waals surface area contributed by atoms with E-state index in [1.54, 1.807) is 0 Å². The molecule has 1 saturated carbocycles. The molecular formula is C42H35N3O4S3. The Balaban J connectivity index is 1.15. The molecule has 2 atom stereocenters. The molecule has 2 aliphatic heterocycles. The van der Waals surface area contributed by atoms with E-state index in [2.05, 4.69) is 95.9 Å². The molecule has 8 rings (SSSR count). The molecule has 5 aromatic rings. The molecule has 10 heteroatoms. The van der Waals surface area contributed by atoms with Gasteiger partial charge in [-0.25, -0.2) is 0 Å². The predicted molar refractivity (Wildman–Crippen MR) is 215 cm³/mol. The van der Waals surface area contributed by atoms with Crippen LogP contribution in [0.15, 0.2) is 108 Å². The molecule has 3 heterocycles. The number of hydrogen-bond donors (Lipinski definition) is 1. The average Bonchev–Trinajstić information content (AvgIpc) is 3.90. The van der Waals surface area contributed by atoms with E-state index < -0.39 is 18.1 Å². The Morgan fingerprint density at radius 3 is 2.21 bits per heavy atom. The Bertz CT molecular complexity index is 2390. The number of benzene rings is 4. The fourth-order valence-corrected chi connectivity index (χ4v) is 10.3. The van der Waals surface area contributed by atoms with Crippen molar-refractivity contribution in [3.05, 3.63) is 150 Å². The van der Waals surface area contributed by atoms with Gasteiger partial charge < -0.3 is 10.0 Å². The molecule has 1 aliphatic carbocycles. The summed E-state index contributed by atoms with van der Waals surface area (Å²) in [6.45, 7) is 1.70. The van der Waals surface area contributed by atoms with Crippen LogP contribution in [0.1, 0.15) is 59.9 Å². The zero-order chi connectivity index (χ0) is 35.9. The average molecular weight is 742 g/mol. The van der Waals surface area contributed by atoms with Gasteiger partial charge in [-0.2, -0.15) is 0 Å². The van der Waals surface area contributed by atoms with Crippen LogP contribution in [0.5, 0.6) is 0 Å². The Kier molecular flexibility index (Phi) is 9.29. The van der Waals surface area contributed by atoms with E-state index in [1.165, 1.54) is 37.4 Å². The number of hydrogen-bond acceptors (Lipinski definition) is 7. The standard InChI is InChI=1S/C42H35N3O4S3/c1-2-43-40(49)38(52-42(43)50)41-44(25-37(46)47)39(48)36(51-41)24-27-18-21-35-33(23-27)31-14-9-15-34(31)45(35)30-19-16-26(17-20-30)22-32(28-10-5-3-6-11-28)29-12-7-4-8-13-29/h3-8,10-13,16-24,31,34H,2,9,14-15,25H2,1H3,(H,46,47)/b36-24-,41-38-. The molecular weight excluding hydrogens is 707 g/mol. The Morgan fingerprint density at radius 2 is 1.58 bits per heavy atom. The van der Waals surface area contributed by atoms with Crippen LogP contribution >= 0.6 is 35.3 Å². The van der Waals surface area contributed by atoms with Crippen LogP contribution in [0.3, 0.4) is 0 Å². The van der Waals surface area contributed by atoms with Crippen LogP contribution in [0.2, 0.25) is 0 Å². The second-order valence-electron chi connectivity index (χ2n) is 13.1. The zero-order valence-corrected chi connectivity index (χ0v) is 30.8. The smallest absolute Gasteiger partial charge is 0.323 e. The van der Waals surface area contributed by atoms with Gasteiger partial charge in [-0.3, -0.25) is 23.9 Å². The first-order valence-electron chi connectivity index (χ1n) is 17.4. The van der Waals surface area contributed by atoms with Gasteiger partial charge >= 0.3 is 5.97 Å². The number of aromatic nitrogens is 1. The number of nitrogens with zero attached hydrogens (tertiary/aromatic N) is 3. The number of anilines is 2. The third kappa shape index (κ3) is 6.25. The normalized spacial score (nSPS) is 19.3. The number of carbonyl (C=O) groups is 2. The number of rotatable bonds is 8. The first-order chi connectivity index (χ1) is 25.3. The van der Waals surface area contributed by atoms with Crippen LogP contribution in [-0.2, 0) is 16.1 Å². The third-order valence-electron chi connectivity index (χ3n) is 10.0. The van der Waals surface area contributed by atoms with Crippen molar-refractivity contribution >= 4 is 85.5 Å². The maximum Gasteiger partial charge on any atom is 0.323 e. The predicted octanol–water partition coefficient (Wildman–Crippen LogP) is 7.19. The fourth-order valence-electron chi connectivity index (χ4n) is 7.69. The van der Waals surface area contributed by atoms with Crippen molar-refractivity contribution in [3.63, 3.8) is 0 Å². The van der Waals surface area contributed by atoms with Gasteiger partial charge in [0.25, 0.3) is 11.5 Å². The summed E-state index contributed by atoms with van der Waals surface area (Å²) >= 11 is 7.65. The van der Waals surface area contributed by atoms with Gasteiger partial charge in [0.2, 0.25) is 0 Å². The quantitative estimate of drug-likeness (QED) is 0.133. The van der Waals surface area contributed by atoms with E-state index in [9.17, 15) is 19.5 Å². The molecule has 1 N–H and O–H groups in total. The van der Waals surface area contributed by atoms with Crippen LogP contribution in [0.25, 0.3) is 22.6 Å². The summed E-state index contributed by atoms with van der Waals surface area (Å²) in [6, 6.07) is 36.5. The number of thiocarbonyl (C=S) groups is 1. The first kappa shape index (κ1) is 34.1. The highest BCUT2D eigenvalue weighted by Crippen LogP contribution is 2.52. The SMILES string of the molecule is CCN1C(=O)/C(=c2/s/c(=C\c3ccc4c(c3)C3CCCC3N4c3ccc(C=C(c4ccccc4)c4ccccc4)cc3)c(=O)n2CC(=O)O)SC1=S. The lowest BCUT2D eigenvalue weighted by molar-refractivity contribution is -0.137. The van der Waals surface area contributed by atoms with Crippen molar-refractivity contribution in [3.8, 4) is 0 Å². The van der Waals surface area contributed by atoms with Crippen molar-refractivity contribution in [2.75, 3.05) is 11.4 Å². The van der Waals surface area contributed by atoms with E-state index in [1.807, 2.05) is 31.2 Å². The van der Waals surface area contributed by atoms with Crippen LogP contribution in [-0.4, -0.2) is 43.4 Å². The van der Waals surface area contributed by atoms with E-state index in [0.717, 1.165) is 59.2 Å². The topological polar surface area (TPSA) is 82.9 Å². The minimum absolute atomic E-state index is 0.297. The molecule has 1 saturated heterocycles. The summed E-state index contributed by atoms with van der Waals surface area (Å²) in [7, 11) is 0. The number of aliphatic carboxylic acids is 1. The summed E-state index contributed by atoms with van der Waals surface area (Å²) in [4.78, 5) is 42.8. The summed E-state index contributed by atoms with van der Waals surface area (Å²) in [6.07, 6.45) is 7.41. The molecule has 52 heavy (non-hydrogen) atoms. The van der Waals surface area contributed by atoms with Crippen molar-refractivity contribution in [1.29, 1.82) is 0 Å². The second-order valence-corrected chi connectivity index (χ2v) is 15.8. The highest BCUT2D eigenvalue weighted by atomic mass is 32.2. The minimum Gasteiger partial charge on any atom is -0.480 e. The van der Waals surface area contributed by atoms with E-state index in [-0.39, 0.29) is 5.91 Å². The number of carbonyl (C=O) groups excluding carboxylic acids is 1. The maximum atomic E-state index is 13.6. The van der Waals surface area contributed by atoms with Gasteiger partial charge in [-0.15, -0.1) is 11.3 Å². The highest BCUT2D eigenvalue weighted by molar-refractivity contribution is 8.30. The first-order valence-corrected chi connectivity index (χ1v) is 19.4.